The van der Waals surface area contributed by atoms with Gasteiger partial charge in [0.05, 0.1) is 16.9 Å². The van der Waals surface area contributed by atoms with Crippen molar-refractivity contribution in [3.8, 4) is 0 Å². The van der Waals surface area contributed by atoms with Crippen LogP contribution < -0.4 is 0 Å². The molecular weight excluding hydrogens is 298 g/mol. The van der Waals surface area contributed by atoms with E-state index in [4.69, 9.17) is 11.6 Å². The Kier molecular flexibility index (Phi) is 5.70. The van der Waals surface area contributed by atoms with Crippen molar-refractivity contribution in [1.29, 1.82) is 0 Å². The number of aliphatic hydroxyl groups is 1. The summed E-state index contributed by atoms with van der Waals surface area (Å²) >= 11 is 5.40. The third kappa shape index (κ3) is 4.71. The first-order chi connectivity index (χ1) is 8.76. The van der Waals surface area contributed by atoms with E-state index in [0.717, 1.165) is 12.1 Å². The summed E-state index contributed by atoms with van der Waals surface area (Å²) in [5.74, 6) is -1.69. The molecule has 1 aromatic carbocycles. The number of aliphatic hydroxyl groups excluding tert-OH is 1. The van der Waals surface area contributed by atoms with Crippen molar-refractivity contribution in [2.75, 3.05) is 11.5 Å². The molecule has 0 spiro atoms. The highest BCUT2D eigenvalue weighted by Crippen LogP contribution is 2.26. The van der Waals surface area contributed by atoms with E-state index < -0.39 is 27.6 Å². The van der Waals surface area contributed by atoms with Crippen molar-refractivity contribution in [1.82, 2.24) is 0 Å². The Morgan fingerprint density at radius 1 is 1.32 bits per heavy atom. The second-order valence-corrected chi connectivity index (χ2v) is 7.06. The minimum absolute atomic E-state index is 0.0209. The van der Waals surface area contributed by atoms with E-state index in [9.17, 15) is 22.3 Å². The Morgan fingerprint density at radius 2 is 1.95 bits per heavy atom. The van der Waals surface area contributed by atoms with Crippen LogP contribution in [0.3, 0.4) is 0 Å². The molecule has 0 aliphatic rings. The Labute approximate surface area is 116 Å². The maximum Gasteiger partial charge on any atom is 0.150 e. The van der Waals surface area contributed by atoms with Crippen LogP contribution in [0.25, 0.3) is 0 Å². The zero-order chi connectivity index (χ0) is 14.6. The molecule has 0 aromatic heterocycles. The molecule has 3 nitrogen and oxygen atoms in total. The summed E-state index contributed by atoms with van der Waals surface area (Å²) in [6.07, 6.45) is -1.03. The Bertz CT molecular complexity index is 546. The molecule has 1 aromatic rings. The van der Waals surface area contributed by atoms with Gasteiger partial charge in [-0.05, 0) is 25.0 Å². The van der Waals surface area contributed by atoms with Crippen molar-refractivity contribution < 1.29 is 22.3 Å². The van der Waals surface area contributed by atoms with Crippen LogP contribution in [-0.2, 0) is 9.84 Å². The molecule has 0 radical (unpaired) electrons. The highest BCUT2D eigenvalue weighted by Gasteiger charge is 2.17. The van der Waals surface area contributed by atoms with Crippen LogP contribution in [0.5, 0.6) is 0 Å². The van der Waals surface area contributed by atoms with Crippen LogP contribution in [0, 0.1) is 11.6 Å². The number of hydrogen-bond acceptors (Lipinski definition) is 3. The minimum atomic E-state index is -3.12. The van der Waals surface area contributed by atoms with Crippen LogP contribution in [-0.4, -0.2) is 25.0 Å². The van der Waals surface area contributed by atoms with Gasteiger partial charge in [-0.3, -0.25) is 0 Å². The fourth-order valence-corrected chi connectivity index (χ4v) is 2.64. The topological polar surface area (TPSA) is 54.4 Å². The van der Waals surface area contributed by atoms with Gasteiger partial charge in [-0.25, -0.2) is 17.2 Å². The van der Waals surface area contributed by atoms with Gasteiger partial charge in [0.15, 0.2) is 0 Å². The second kappa shape index (κ2) is 6.63. The second-order valence-electron chi connectivity index (χ2n) is 4.18. The lowest BCUT2D eigenvalue weighted by Gasteiger charge is -2.12. The summed E-state index contributed by atoms with van der Waals surface area (Å²) < 4.78 is 49.2. The molecule has 1 rings (SSSR count). The fourth-order valence-electron chi connectivity index (χ4n) is 1.59. The first-order valence-electron chi connectivity index (χ1n) is 5.79. The predicted molar refractivity (Wildman–Crippen MR) is 69.9 cm³/mol. The van der Waals surface area contributed by atoms with E-state index in [1.54, 1.807) is 0 Å². The van der Waals surface area contributed by atoms with E-state index in [0.29, 0.717) is 0 Å². The summed E-state index contributed by atoms with van der Waals surface area (Å²) in [6, 6.07) is 1.62. The maximum atomic E-state index is 13.5. The minimum Gasteiger partial charge on any atom is -0.388 e. The molecule has 0 fully saturated rings. The van der Waals surface area contributed by atoms with Gasteiger partial charge in [0.2, 0.25) is 0 Å². The summed E-state index contributed by atoms with van der Waals surface area (Å²) in [4.78, 5) is 0. The molecule has 0 heterocycles. The molecule has 108 valence electrons. The van der Waals surface area contributed by atoms with E-state index in [1.807, 2.05) is 0 Å². The van der Waals surface area contributed by atoms with E-state index in [1.165, 1.54) is 6.92 Å². The SMILES string of the molecule is CCS(=O)(=O)CCCC(O)c1cc(F)c(Cl)cc1F. The predicted octanol–water partition coefficient (Wildman–Crippen LogP) is 2.87. The van der Waals surface area contributed by atoms with Crippen LogP contribution in [0.15, 0.2) is 12.1 Å². The zero-order valence-corrected chi connectivity index (χ0v) is 11.9. The van der Waals surface area contributed by atoms with Gasteiger partial charge in [-0.2, -0.15) is 0 Å². The average Bonchev–Trinajstić information content (AvgIpc) is 2.33. The third-order valence-corrected chi connectivity index (χ3v) is 4.85. The van der Waals surface area contributed by atoms with Crippen molar-refractivity contribution in [2.24, 2.45) is 0 Å². The normalized spacial score (nSPS) is 13.5. The summed E-state index contributed by atoms with van der Waals surface area (Å²) in [6.45, 7) is 1.53. The number of rotatable bonds is 6. The number of hydrogen-bond donors (Lipinski definition) is 1. The molecule has 1 N–H and O–H groups in total. The maximum absolute atomic E-state index is 13.5. The molecule has 1 unspecified atom stereocenters. The standard InChI is InChI=1S/C12H15ClF2O3S/c1-2-19(17,18)5-3-4-12(16)8-6-11(15)9(13)7-10(8)14/h6-7,12,16H,2-5H2,1H3. The number of halogens is 3. The summed E-state index contributed by atoms with van der Waals surface area (Å²) in [7, 11) is -3.12. The molecule has 0 saturated heterocycles. The van der Waals surface area contributed by atoms with Crippen LogP contribution in [0.4, 0.5) is 8.78 Å². The quantitative estimate of drug-likeness (QED) is 0.822. The molecule has 0 saturated carbocycles. The first-order valence-corrected chi connectivity index (χ1v) is 7.99. The first kappa shape index (κ1) is 16.3. The van der Waals surface area contributed by atoms with E-state index in [-0.39, 0.29) is 34.9 Å². The number of benzene rings is 1. The van der Waals surface area contributed by atoms with E-state index in [2.05, 4.69) is 0 Å². The van der Waals surface area contributed by atoms with Crippen LogP contribution in [0.1, 0.15) is 31.4 Å². The number of sulfone groups is 1. The van der Waals surface area contributed by atoms with Gasteiger partial charge in [-0.15, -0.1) is 0 Å². The van der Waals surface area contributed by atoms with Crippen LogP contribution in [0.2, 0.25) is 5.02 Å². The highest BCUT2D eigenvalue weighted by atomic mass is 35.5. The fraction of sp³-hybridized carbons (Fsp3) is 0.500. The van der Waals surface area contributed by atoms with E-state index >= 15 is 0 Å². The average molecular weight is 313 g/mol. The van der Waals surface area contributed by atoms with Gasteiger partial charge < -0.3 is 5.11 Å². The van der Waals surface area contributed by atoms with Crippen molar-refractivity contribution in [2.45, 2.75) is 25.9 Å². The lowest BCUT2D eigenvalue weighted by Crippen LogP contribution is -2.10. The lowest BCUT2D eigenvalue weighted by molar-refractivity contribution is 0.161. The Hall–Kier alpha value is -0.720. The molecular formula is C12H15ClF2O3S. The largest absolute Gasteiger partial charge is 0.388 e. The van der Waals surface area contributed by atoms with Gasteiger partial charge >= 0.3 is 0 Å². The monoisotopic (exact) mass is 312 g/mol. The molecule has 19 heavy (non-hydrogen) atoms. The Balaban J connectivity index is 2.69. The third-order valence-electron chi connectivity index (χ3n) is 2.77. The molecule has 1 atom stereocenters. The van der Waals surface area contributed by atoms with Crippen molar-refractivity contribution in [3.05, 3.63) is 34.4 Å². The lowest BCUT2D eigenvalue weighted by atomic mass is 10.0. The van der Waals surface area contributed by atoms with Crippen molar-refractivity contribution in [3.63, 3.8) is 0 Å². The smallest absolute Gasteiger partial charge is 0.150 e. The van der Waals surface area contributed by atoms with Gasteiger partial charge in [0, 0.05) is 11.3 Å². The van der Waals surface area contributed by atoms with Gasteiger partial charge in [-0.1, -0.05) is 18.5 Å². The van der Waals surface area contributed by atoms with Gasteiger partial charge in [0.25, 0.3) is 0 Å². The molecule has 0 amide bonds. The molecule has 0 bridgehead atoms. The Morgan fingerprint density at radius 3 is 2.53 bits per heavy atom. The zero-order valence-electron chi connectivity index (χ0n) is 10.4. The van der Waals surface area contributed by atoms with Crippen LogP contribution >= 0.6 is 11.6 Å². The molecule has 0 aliphatic carbocycles. The molecule has 7 heteroatoms. The van der Waals surface area contributed by atoms with Crippen molar-refractivity contribution >= 4 is 21.4 Å². The van der Waals surface area contributed by atoms with Gasteiger partial charge in [0.1, 0.15) is 21.5 Å². The molecule has 0 aliphatic heterocycles. The summed E-state index contributed by atoms with van der Waals surface area (Å²) in [5, 5.41) is 9.38. The highest BCUT2D eigenvalue weighted by molar-refractivity contribution is 7.91. The summed E-state index contributed by atoms with van der Waals surface area (Å²) in [5.41, 5.74) is -0.212.